The largest absolute Gasteiger partial charge is 0.491 e. The Bertz CT molecular complexity index is 692. The molecule has 0 fully saturated rings. The molecule has 1 unspecified atom stereocenters. The minimum atomic E-state index is -0.967. The van der Waals surface area contributed by atoms with Crippen LogP contribution in [0.3, 0.4) is 0 Å². The fourth-order valence-corrected chi connectivity index (χ4v) is 1.85. The first-order valence-electron chi connectivity index (χ1n) is 6.90. The molecule has 0 aliphatic rings. The third kappa shape index (κ3) is 4.93. The van der Waals surface area contributed by atoms with Gasteiger partial charge in [0.25, 0.3) is 5.69 Å². The summed E-state index contributed by atoms with van der Waals surface area (Å²) < 4.78 is 24.1. The lowest BCUT2D eigenvalue weighted by atomic mass is 10.2. The first-order valence-corrected chi connectivity index (χ1v) is 6.90. The molecule has 7 heteroatoms. The number of ether oxygens (including phenoxy) is 2. The van der Waals surface area contributed by atoms with Crippen molar-refractivity contribution < 1.29 is 23.9 Å². The van der Waals surface area contributed by atoms with Crippen LogP contribution in [-0.4, -0.2) is 29.3 Å². The van der Waals surface area contributed by atoms with Gasteiger partial charge >= 0.3 is 0 Å². The van der Waals surface area contributed by atoms with Crippen molar-refractivity contribution >= 4 is 5.69 Å². The molecule has 0 aromatic heterocycles. The van der Waals surface area contributed by atoms with Crippen molar-refractivity contribution in [1.82, 2.24) is 0 Å². The normalized spacial score (nSPS) is 11.8. The van der Waals surface area contributed by atoms with E-state index in [0.29, 0.717) is 5.75 Å². The van der Waals surface area contributed by atoms with E-state index in [2.05, 4.69) is 0 Å². The molecule has 6 nitrogen and oxygen atoms in total. The second kappa shape index (κ2) is 7.55. The molecule has 0 saturated heterocycles. The Morgan fingerprint density at radius 3 is 2.61 bits per heavy atom. The van der Waals surface area contributed by atoms with Crippen molar-refractivity contribution in [2.75, 3.05) is 13.2 Å². The summed E-state index contributed by atoms with van der Waals surface area (Å²) in [5.41, 5.74) is 0.666. The summed E-state index contributed by atoms with van der Waals surface area (Å²) in [5.74, 6) is -0.401. The van der Waals surface area contributed by atoms with Gasteiger partial charge in [0.15, 0.2) is 11.6 Å². The van der Waals surface area contributed by atoms with Crippen LogP contribution in [0.4, 0.5) is 10.1 Å². The molecule has 2 aromatic rings. The molecule has 0 bridgehead atoms. The average molecular weight is 321 g/mol. The number of aryl methyl sites for hydroxylation is 1. The topological polar surface area (TPSA) is 81.8 Å². The predicted molar refractivity (Wildman–Crippen MR) is 81.2 cm³/mol. The van der Waals surface area contributed by atoms with E-state index in [1.165, 1.54) is 0 Å². The first-order chi connectivity index (χ1) is 11.0. The lowest BCUT2D eigenvalue weighted by Gasteiger charge is -2.14. The van der Waals surface area contributed by atoms with Gasteiger partial charge in [-0.3, -0.25) is 10.1 Å². The van der Waals surface area contributed by atoms with Crippen molar-refractivity contribution in [2.24, 2.45) is 0 Å². The van der Waals surface area contributed by atoms with Crippen LogP contribution in [0.5, 0.6) is 11.5 Å². The lowest BCUT2D eigenvalue weighted by Crippen LogP contribution is -2.25. The second-order valence-electron chi connectivity index (χ2n) is 4.96. The molecule has 2 rings (SSSR count). The highest BCUT2D eigenvalue weighted by molar-refractivity contribution is 5.37. The van der Waals surface area contributed by atoms with Crippen LogP contribution in [0.2, 0.25) is 0 Å². The molecule has 0 aliphatic carbocycles. The highest BCUT2D eigenvalue weighted by Gasteiger charge is 2.13. The zero-order valence-corrected chi connectivity index (χ0v) is 12.4. The van der Waals surface area contributed by atoms with E-state index < -0.39 is 16.8 Å². The van der Waals surface area contributed by atoms with Crippen LogP contribution in [0.25, 0.3) is 0 Å². The van der Waals surface area contributed by atoms with Gasteiger partial charge in [-0.05, 0) is 30.7 Å². The van der Waals surface area contributed by atoms with E-state index in [4.69, 9.17) is 9.47 Å². The van der Waals surface area contributed by atoms with Gasteiger partial charge in [0.1, 0.15) is 25.1 Å². The van der Waals surface area contributed by atoms with E-state index in [-0.39, 0.29) is 24.7 Å². The van der Waals surface area contributed by atoms with Crippen molar-refractivity contribution in [1.29, 1.82) is 0 Å². The number of aliphatic hydroxyl groups is 1. The number of rotatable bonds is 7. The van der Waals surface area contributed by atoms with Gasteiger partial charge < -0.3 is 14.6 Å². The third-order valence-corrected chi connectivity index (χ3v) is 2.99. The van der Waals surface area contributed by atoms with Crippen LogP contribution >= 0.6 is 0 Å². The lowest BCUT2D eigenvalue weighted by molar-refractivity contribution is -0.385. The fraction of sp³-hybridized carbons (Fsp3) is 0.250. The molecule has 0 spiro atoms. The van der Waals surface area contributed by atoms with Crippen LogP contribution in [0.15, 0.2) is 42.5 Å². The number of nitro benzene ring substituents is 1. The molecule has 1 N–H and O–H groups in total. The SMILES string of the molecule is Cc1cccc(OCC(O)COc2ccc([N+](=O)[O-])cc2F)c1. The molecule has 0 amide bonds. The number of nitrogens with zero attached hydrogens (tertiary/aromatic N) is 1. The van der Waals surface area contributed by atoms with Crippen molar-refractivity contribution in [3.63, 3.8) is 0 Å². The summed E-state index contributed by atoms with van der Waals surface area (Å²) >= 11 is 0. The Kier molecular flexibility index (Phi) is 5.48. The molecule has 1 atom stereocenters. The Morgan fingerprint density at radius 1 is 1.22 bits per heavy atom. The van der Waals surface area contributed by atoms with Gasteiger partial charge in [-0.2, -0.15) is 0 Å². The number of hydrogen-bond donors (Lipinski definition) is 1. The molecule has 0 saturated carbocycles. The average Bonchev–Trinajstić information content (AvgIpc) is 2.51. The first kappa shape index (κ1) is 16.7. The Labute approximate surface area is 132 Å². The third-order valence-electron chi connectivity index (χ3n) is 2.99. The van der Waals surface area contributed by atoms with Crippen LogP contribution in [0, 0.1) is 22.9 Å². The minimum Gasteiger partial charge on any atom is -0.491 e. The molecular weight excluding hydrogens is 305 g/mol. The summed E-state index contributed by atoms with van der Waals surface area (Å²) in [5, 5.41) is 20.3. The molecular formula is C16H16FNO5. The van der Waals surface area contributed by atoms with Gasteiger partial charge in [-0.15, -0.1) is 0 Å². The van der Waals surface area contributed by atoms with Gasteiger partial charge in [-0.1, -0.05) is 12.1 Å². The zero-order chi connectivity index (χ0) is 16.8. The highest BCUT2D eigenvalue weighted by Crippen LogP contribution is 2.22. The van der Waals surface area contributed by atoms with Gasteiger partial charge in [0, 0.05) is 6.07 Å². The van der Waals surface area contributed by atoms with Crippen LogP contribution in [0.1, 0.15) is 5.56 Å². The molecule has 0 aliphatic heterocycles. The molecule has 0 radical (unpaired) electrons. The van der Waals surface area contributed by atoms with E-state index in [1.54, 1.807) is 6.07 Å². The predicted octanol–water partition coefficient (Wildman–Crippen LogP) is 2.86. The van der Waals surface area contributed by atoms with E-state index in [0.717, 1.165) is 23.8 Å². The molecule has 122 valence electrons. The van der Waals surface area contributed by atoms with Crippen molar-refractivity contribution in [2.45, 2.75) is 13.0 Å². The van der Waals surface area contributed by atoms with E-state index >= 15 is 0 Å². The summed E-state index contributed by atoms with van der Waals surface area (Å²) in [4.78, 5) is 9.82. The van der Waals surface area contributed by atoms with Crippen molar-refractivity contribution in [3.05, 3.63) is 64.0 Å². The number of aliphatic hydroxyl groups excluding tert-OH is 1. The zero-order valence-electron chi connectivity index (χ0n) is 12.4. The smallest absolute Gasteiger partial charge is 0.272 e. The van der Waals surface area contributed by atoms with Crippen LogP contribution in [-0.2, 0) is 0 Å². The summed E-state index contributed by atoms with van der Waals surface area (Å²) in [6.45, 7) is 1.71. The standard InChI is InChI=1S/C16H16FNO5/c1-11-3-2-4-14(7-11)22-9-13(19)10-23-16-6-5-12(18(20)21)8-15(16)17/h2-8,13,19H,9-10H2,1H3. The number of halogens is 1. The van der Waals surface area contributed by atoms with Gasteiger partial charge in [0.2, 0.25) is 0 Å². The second-order valence-corrected chi connectivity index (χ2v) is 4.96. The van der Waals surface area contributed by atoms with Gasteiger partial charge in [0.05, 0.1) is 11.0 Å². The Morgan fingerprint density at radius 2 is 1.96 bits per heavy atom. The number of hydrogen-bond acceptors (Lipinski definition) is 5. The Balaban J connectivity index is 1.84. The monoisotopic (exact) mass is 321 g/mol. The Hall–Kier alpha value is -2.67. The maximum Gasteiger partial charge on any atom is 0.272 e. The quantitative estimate of drug-likeness (QED) is 0.626. The molecule has 2 aromatic carbocycles. The summed E-state index contributed by atoms with van der Waals surface area (Å²) in [7, 11) is 0. The van der Waals surface area contributed by atoms with E-state index in [9.17, 15) is 19.6 Å². The molecule has 23 heavy (non-hydrogen) atoms. The number of benzene rings is 2. The number of non-ortho nitro benzene ring substituents is 1. The summed E-state index contributed by atoms with van der Waals surface area (Å²) in [6, 6.07) is 10.4. The maximum atomic E-state index is 13.6. The minimum absolute atomic E-state index is 0.0158. The fourth-order valence-electron chi connectivity index (χ4n) is 1.85. The molecule has 0 heterocycles. The van der Waals surface area contributed by atoms with Crippen molar-refractivity contribution in [3.8, 4) is 11.5 Å². The van der Waals surface area contributed by atoms with Gasteiger partial charge in [-0.25, -0.2) is 4.39 Å². The van der Waals surface area contributed by atoms with E-state index in [1.807, 2.05) is 25.1 Å². The number of nitro groups is 1. The maximum absolute atomic E-state index is 13.6. The highest BCUT2D eigenvalue weighted by atomic mass is 19.1. The summed E-state index contributed by atoms with van der Waals surface area (Å²) in [6.07, 6.45) is -0.967. The van der Waals surface area contributed by atoms with Crippen LogP contribution < -0.4 is 9.47 Å².